The highest BCUT2D eigenvalue weighted by Gasteiger charge is 2.18. The standard InChI is InChI=1S/C32H41NO7/c1-25(2)31(35)39-24-9-6-4-3-5-8-23-38-30(34)20-13-26-11-16-29(17-12-26)40-32(36)27-14-18-28(19-15-27)37-22-10-7-21-33/h11,13-14,16,18,20H,1,3-10,12,15,17,19,22-24H2,2H3. The normalized spacial score (nSPS) is 14.7. The molecule has 8 heteroatoms. The predicted molar refractivity (Wildman–Crippen MR) is 151 cm³/mol. The van der Waals surface area contributed by atoms with Crippen molar-refractivity contribution >= 4 is 17.9 Å². The molecule has 0 heterocycles. The lowest BCUT2D eigenvalue weighted by Gasteiger charge is -2.17. The van der Waals surface area contributed by atoms with E-state index in [1.807, 2.05) is 6.08 Å². The van der Waals surface area contributed by atoms with Gasteiger partial charge in [-0.2, -0.15) is 5.26 Å². The Kier molecular flexibility index (Phi) is 15.6. The summed E-state index contributed by atoms with van der Waals surface area (Å²) in [7, 11) is 0. The molecule has 40 heavy (non-hydrogen) atoms. The fraction of sp³-hybridized carbons (Fsp3) is 0.500. The first kappa shape index (κ1) is 32.4. The lowest BCUT2D eigenvalue weighted by Crippen LogP contribution is -2.11. The minimum atomic E-state index is -0.368. The molecule has 216 valence electrons. The molecule has 0 unspecified atom stereocenters. The number of allylic oxidation sites excluding steroid dienone is 8. The maximum Gasteiger partial charge on any atom is 0.339 e. The van der Waals surface area contributed by atoms with E-state index in [9.17, 15) is 14.4 Å². The van der Waals surface area contributed by atoms with Gasteiger partial charge in [-0.15, -0.1) is 0 Å². The molecule has 0 N–H and O–H groups in total. The molecule has 2 rings (SSSR count). The van der Waals surface area contributed by atoms with Gasteiger partial charge in [0, 0.05) is 36.5 Å². The van der Waals surface area contributed by atoms with Gasteiger partial charge in [0.1, 0.15) is 5.76 Å². The summed E-state index contributed by atoms with van der Waals surface area (Å²) in [4.78, 5) is 35.8. The third-order valence-electron chi connectivity index (χ3n) is 6.26. The molecular formula is C32H41NO7. The van der Waals surface area contributed by atoms with Gasteiger partial charge in [-0.3, -0.25) is 0 Å². The molecule has 8 nitrogen and oxygen atoms in total. The highest BCUT2D eigenvalue weighted by Crippen LogP contribution is 2.25. The third kappa shape index (κ3) is 13.8. The number of nitriles is 1. The molecule has 0 saturated carbocycles. The summed E-state index contributed by atoms with van der Waals surface area (Å²) in [6.07, 6.45) is 19.6. The van der Waals surface area contributed by atoms with Crippen molar-refractivity contribution in [3.63, 3.8) is 0 Å². The molecule has 0 spiro atoms. The van der Waals surface area contributed by atoms with Crippen LogP contribution in [0.2, 0.25) is 0 Å². The van der Waals surface area contributed by atoms with Gasteiger partial charge in [0.15, 0.2) is 0 Å². The first-order valence-corrected chi connectivity index (χ1v) is 14.1. The largest absolute Gasteiger partial charge is 0.498 e. The number of carbonyl (C=O) groups is 3. The summed E-state index contributed by atoms with van der Waals surface area (Å²) in [6, 6.07) is 2.09. The number of carbonyl (C=O) groups excluding carboxylic acids is 3. The molecule has 0 saturated heterocycles. The summed E-state index contributed by atoms with van der Waals surface area (Å²) >= 11 is 0. The zero-order valence-electron chi connectivity index (χ0n) is 23.6. The van der Waals surface area contributed by atoms with Crippen LogP contribution in [0.25, 0.3) is 0 Å². The lowest BCUT2D eigenvalue weighted by atomic mass is 10.0. The van der Waals surface area contributed by atoms with Crippen molar-refractivity contribution in [1.29, 1.82) is 5.26 Å². The average molecular weight is 552 g/mol. The third-order valence-corrected chi connectivity index (χ3v) is 6.26. The Hall–Kier alpha value is -3.86. The van der Waals surface area contributed by atoms with Crippen LogP contribution in [0.4, 0.5) is 0 Å². The minimum absolute atomic E-state index is 0.338. The van der Waals surface area contributed by atoms with Gasteiger partial charge >= 0.3 is 17.9 Å². The second kappa shape index (κ2) is 19.2. The van der Waals surface area contributed by atoms with E-state index >= 15 is 0 Å². The highest BCUT2D eigenvalue weighted by atomic mass is 16.5. The van der Waals surface area contributed by atoms with Crippen molar-refractivity contribution in [2.24, 2.45) is 0 Å². The quantitative estimate of drug-likeness (QED) is 0.0809. The van der Waals surface area contributed by atoms with Crippen molar-refractivity contribution in [1.82, 2.24) is 0 Å². The molecule has 2 aliphatic carbocycles. The summed E-state index contributed by atoms with van der Waals surface area (Å²) in [5, 5.41) is 8.57. The van der Waals surface area contributed by atoms with E-state index in [0.29, 0.717) is 75.3 Å². The summed E-state index contributed by atoms with van der Waals surface area (Å²) in [5.41, 5.74) is 1.98. The van der Waals surface area contributed by atoms with Crippen molar-refractivity contribution in [3.05, 3.63) is 71.3 Å². The Morgan fingerprint density at radius 3 is 2.15 bits per heavy atom. The first-order chi connectivity index (χ1) is 19.4. The summed E-state index contributed by atoms with van der Waals surface area (Å²) in [6.45, 7) is 6.50. The van der Waals surface area contributed by atoms with Crippen LogP contribution in [0.3, 0.4) is 0 Å². The molecule has 0 aromatic heterocycles. The Morgan fingerprint density at radius 2 is 1.52 bits per heavy atom. The molecule has 0 aromatic rings. The number of unbranched alkanes of at least 4 members (excludes halogenated alkanes) is 6. The van der Waals surface area contributed by atoms with E-state index in [-0.39, 0.29) is 17.9 Å². The van der Waals surface area contributed by atoms with E-state index in [1.54, 1.807) is 31.2 Å². The second-order valence-corrected chi connectivity index (χ2v) is 9.74. The molecule has 0 aromatic carbocycles. The number of esters is 3. The monoisotopic (exact) mass is 551 g/mol. The summed E-state index contributed by atoms with van der Waals surface area (Å²) < 4.78 is 21.5. The predicted octanol–water partition coefficient (Wildman–Crippen LogP) is 6.62. The van der Waals surface area contributed by atoms with Gasteiger partial charge in [0.05, 0.1) is 31.6 Å². The van der Waals surface area contributed by atoms with Crippen molar-refractivity contribution < 1.29 is 33.3 Å². The molecule has 0 radical (unpaired) electrons. The van der Waals surface area contributed by atoms with Crippen LogP contribution in [0, 0.1) is 11.3 Å². The fourth-order valence-electron chi connectivity index (χ4n) is 3.90. The molecule has 2 aliphatic rings. The van der Waals surface area contributed by atoms with Crippen molar-refractivity contribution in [2.75, 3.05) is 19.8 Å². The Balaban J connectivity index is 1.58. The Morgan fingerprint density at radius 1 is 0.850 bits per heavy atom. The maximum atomic E-state index is 12.5. The van der Waals surface area contributed by atoms with Gasteiger partial charge in [-0.25, -0.2) is 14.4 Å². The fourth-order valence-corrected chi connectivity index (χ4v) is 3.90. The zero-order valence-corrected chi connectivity index (χ0v) is 23.6. The lowest BCUT2D eigenvalue weighted by molar-refractivity contribution is -0.139. The topological polar surface area (TPSA) is 112 Å². The minimum Gasteiger partial charge on any atom is -0.498 e. The van der Waals surface area contributed by atoms with Gasteiger partial charge in [-0.05, 0) is 62.8 Å². The van der Waals surface area contributed by atoms with E-state index in [0.717, 1.165) is 49.9 Å². The van der Waals surface area contributed by atoms with Crippen molar-refractivity contribution in [2.45, 2.75) is 84.0 Å². The molecule has 0 fully saturated rings. The van der Waals surface area contributed by atoms with Gasteiger partial charge in [0.2, 0.25) is 0 Å². The Labute approximate surface area is 237 Å². The van der Waals surface area contributed by atoms with Crippen LogP contribution in [0.5, 0.6) is 0 Å². The number of ether oxygens (including phenoxy) is 4. The van der Waals surface area contributed by atoms with E-state index in [4.69, 9.17) is 24.2 Å². The average Bonchev–Trinajstić information content (AvgIpc) is 2.96. The molecule has 0 atom stereocenters. The van der Waals surface area contributed by atoms with E-state index < -0.39 is 0 Å². The smallest absolute Gasteiger partial charge is 0.339 e. The second-order valence-electron chi connectivity index (χ2n) is 9.74. The number of hydrogen-bond donors (Lipinski definition) is 0. The van der Waals surface area contributed by atoms with Gasteiger partial charge in [-0.1, -0.05) is 44.4 Å². The van der Waals surface area contributed by atoms with Crippen LogP contribution < -0.4 is 0 Å². The van der Waals surface area contributed by atoms with Crippen LogP contribution in [0.15, 0.2) is 71.3 Å². The first-order valence-electron chi connectivity index (χ1n) is 14.1. The molecule has 0 aliphatic heterocycles. The number of rotatable bonds is 18. The molecular weight excluding hydrogens is 510 g/mol. The van der Waals surface area contributed by atoms with Crippen LogP contribution >= 0.6 is 0 Å². The molecule has 0 bridgehead atoms. The van der Waals surface area contributed by atoms with Gasteiger partial charge < -0.3 is 18.9 Å². The molecule has 0 amide bonds. The summed E-state index contributed by atoms with van der Waals surface area (Å²) in [5.74, 6) is 0.353. The van der Waals surface area contributed by atoms with E-state index in [2.05, 4.69) is 12.6 Å². The SMILES string of the molecule is C=C(C)C(=O)OCCCCCCCCOC(=O)C=CC1=CC=C(OC(=O)C2=CC=C(OCCCC#N)CC2)CC1. The van der Waals surface area contributed by atoms with E-state index in [1.165, 1.54) is 6.08 Å². The zero-order chi connectivity index (χ0) is 29.0. The van der Waals surface area contributed by atoms with Crippen molar-refractivity contribution in [3.8, 4) is 6.07 Å². The number of nitrogens with zero attached hydrogens (tertiary/aromatic N) is 1. The van der Waals surface area contributed by atoms with Crippen LogP contribution in [0.1, 0.15) is 84.0 Å². The number of hydrogen-bond acceptors (Lipinski definition) is 8. The highest BCUT2D eigenvalue weighted by molar-refractivity contribution is 5.90. The van der Waals surface area contributed by atoms with Crippen LogP contribution in [-0.2, 0) is 33.3 Å². The maximum absolute atomic E-state index is 12.5. The Bertz CT molecular complexity index is 1090. The van der Waals surface area contributed by atoms with Crippen LogP contribution in [-0.4, -0.2) is 37.7 Å². The van der Waals surface area contributed by atoms with Gasteiger partial charge in [0.25, 0.3) is 0 Å².